The van der Waals surface area contributed by atoms with Crippen LogP contribution in [0.3, 0.4) is 0 Å². The number of nitrogens with one attached hydrogen (secondary N) is 1. The van der Waals surface area contributed by atoms with E-state index < -0.39 is 0 Å². The first-order valence-electron chi connectivity index (χ1n) is 9.60. The first-order chi connectivity index (χ1) is 13.7. The van der Waals surface area contributed by atoms with Gasteiger partial charge in [-0.3, -0.25) is 0 Å². The molecule has 0 radical (unpaired) electrons. The maximum atomic E-state index is 5.62. The molecule has 0 bridgehead atoms. The van der Waals surface area contributed by atoms with Crippen molar-refractivity contribution in [3.8, 4) is 5.75 Å². The van der Waals surface area contributed by atoms with E-state index in [2.05, 4.69) is 53.9 Å². The van der Waals surface area contributed by atoms with Crippen LogP contribution in [0.4, 0.5) is 0 Å². The summed E-state index contributed by atoms with van der Waals surface area (Å²) in [5.41, 5.74) is 2.13. The zero-order valence-electron chi connectivity index (χ0n) is 16.9. The standard InChI is InChI=1S/C24H29NO3/c1-26-21-11-7-10-20(14-21)24(16-22(27-2)15-23(17-24)28-3)12-13-25-18-19-8-5-4-6-9-19/h4-11,14,16-17,25H,12-13,15,18H2,1-3H3. The van der Waals surface area contributed by atoms with Crippen LogP contribution < -0.4 is 10.1 Å². The lowest BCUT2D eigenvalue weighted by Crippen LogP contribution is -2.30. The summed E-state index contributed by atoms with van der Waals surface area (Å²) >= 11 is 0. The predicted molar refractivity (Wildman–Crippen MR) is 112 cm³/mol. The zero-order valence-corrected chi connectivity index (χ0v) is 16.9. The molecular formula is C24H29NO3. The number of methoxy groups -OCH3 is 3. The molecule has 0 fully saturated rings. The molecule has 1 aliphatic carbocycles. The highest BCUT2D eigenvalue weighted by molar-refractivity contribution is 5.44. The van der Waals surface area contributed by atoms with Crippen LogP contribution >= 0.6 is 0 Å². The first-order valence-corrected chi connectivity index (χ1v) is 9.60. The molecule has 0 aliphatic heterocycles. The summed E-state index contributed by atoms with van der Waals surface area (Å²) in [6, 6.07) is 18.7. The van der Waals surface area contributed by atoms with Crippen molar-refractivity contribution in [2.75, 3.05) is 27.9 Å². The van der Waals surface area contributed by atoms with Gasteiger partial charge in [0.2, 0.25) is 0 Å². The van der Waals surface area contributed by atoms with Gasteiger partial charge in [0.25, 0.3) is 0 Å². The number of hydrogen-bond acceptors (Lipinski definition) is 4. The Morgan fingerprint density at radius 1 is 0.857 bits per heavy atom. The van der Waals surface area contributed by atoms with Crippen LogP contribution in [0.2, 0.25) is 0 Å². The van der Waals surface area contributed by atoms with Crippen LogP contribution in [-0.2, 0) is 21.4 Å². The van der Waals surface area contributed by atoms with Crippen molar-refractivity contribution >= 4 is 0 Å². The van der Waals surface area contributed by atoms with Crippen LogP contribution in [0.1, 0.15) is 24.0 Å². The molecule has 1 N–H and O–H groups in total. The highest BCUT2D eigenvalue weighted by atomic mass is 16.5. The summed E-state index contributed by atoms with van der Waals surface area (Å²) in [6.45, 7) is 1.70. The van der Waals surface area contributed by atoms with Crippen LogP contribution in [0.15, 0.2) is 78.3 Å². The highest BCUT2D eigenvalue weighted by Crippen LogP contribution is 2.40. The normalized spacial score (nSPS) is 15.4. The van der Waals surface area contributed by atoms with Crippen molar-refractivity contribution in [3.05, 3.63) is 89.4 Å². The molecule has 0 spiro atoms. The van der Waals surface area contributed by atoms with E-state index in [1.165, 1.54) is 5.56 Å². The lowest BCUT2D eigenvalue weighted by Gasteiger charge is -2.33. The monoisotopic (exact) mass is 379 g/mol. The van der Waals surface area contributed by atoms with Gasteiger partial charge in [-0.25, -0.2) is 0 Å². The number of hydrogen-bond donors (Lipinski definition) is 1. The largest absolute Gasteiger partial charge is 0.501 e. The average Bonchev–Trinajstić information content (AvgIpc) is 2.77. The molecule has 0 amide bonds. The third-order valence-corrected chi connectivity index (χ3v) is 5.20. The Bertz CT molecular complexity index is 807. The van der Waals surface area contributed by atoms with Gasteiger partial charge in [-0.05, 0) is 48.4 Å². The third kappa shape index (κ3) is 4.76. The van der Waals surface area contributed by atoms with Gasteiger partial charge in [0.15, 0.2) is 0 Å². The Hall–Kier alpha value is -2.72. The van der Waals surface area contributed by atoms with Crippen molar-refractivity contribution in [1.29, 1.82) is 0 Å². The topological polar surface area (TPSA) is 39.7 Å². The fourth-order valence-electron chi connectivity index (χ4n) is 3.64. The van der Waals surface area contributed by atoms with Crippen LogP contribution in [0.25, 0.3) is 0 Å². The predicted octanol–water partition coefficient (Wildman–Crippen LogP) is 4.58. The van der Waals surface area contributed by atoms with E-state index in [1.807, 2.05) is 18.2 Å². The van der Waals surface area contributed by atoms with Gasteiger partial charge < -0.3 is 19.5 Å². The molecule has 3 rings (SSSR count). The van der Waals surface area contributed by atoms with Crippen LogP contribution in [0.5, 0.6) is 5.75 Å². The quantitative estimate of drug-likeness (QED) is 0.648. The van der Waals surface area contributed by atoms with Crippen molar-refractivity contribution in [1.82, 2.24) is 5.32 Å². The Balaban J connectivity index is 1.85. The van der Waals surface area contributed by atoms with E-state index in [1.54, 1.807) is 21.3 Å². The van der Waals surface area contributed by atoms with Crippen molar-refractivity contribution < 1.29 is 14.2 Å². The molecule has 1 aliphatic rings. The van der Waals surface area contributed by atoms with Gasteiger partial charge >= 0.3 is 0 Å². The lowest BCUT2D eigenvalue weighted by atomic mass is 9.74. The van der Waals surface area contributed by atoms with E-state index in [0.717, 1.165) is 42.3 Å². The molecule has 2 aromatic carbocycles. The molecule has 0 heterocycles. The van der Waals surface area contributed by atoms with Crippen molar-refractivity contribution in [2.45, 2.75) is 24.8 Å². The zero-order chi connectivity index (χ0) is 19.8. The Morgan fingerprint density at radius 2 is 1.57 bits per heavy atom. The van der Waals surface area contributed by atoms with Gasteiger partial charge in [-0.1, -0.05) is 42.5 Å². The lowest BCUT2D eigenvalue weighted by molar-refractivity contribution is 0.224. The van der Waals surface area contributed by atoms with E-state index >= 15 is 0 Å². The molecule has 4 heteroatoms. The molecule has 0 saturated heterocycles. The van der Waals surface area contributed by atoms with Crippen molar-refractivity contribution in [3.63, 3.8) is 0 Å². The molecule has 4 nitrogen and oxygen atoms in total. The second-order valence-electron chi connectivity index (χ2n) is 6.99. The molecule has 28 heavy (non-hydrogen) atoms. The summed E-state index contributed by atoms with van der Waals surface area (Å²) in [6.07, 6.45) is 5.99. The van der Waals surface area contributed by atoms with E-state index in [9.17, 15) is 0 Å². The minimum atomic E-state index is -0.312. The minimum absolute atomic E-state index is 0.312. The number of benzene rings is 2. The van der Waals surface area contributed by atoms with E-state index in [0.29, 0.717) is 6.42 Å². The SMILES string of the molecule is COC1=CC(CCNCc2ccccc2)(c2cccc(OC)c2)C=C(OC)C1. The van der Waals surface area contributed by atoms with Gasteiger partial charge in [-0.2, -0.15) is 0 Å². The van der Waals surface area contributed by atoms with Crippen LogP contribution in [0, 0.1) is 0 Å². The molecule has 148 valence electrons. The maximum absolute atomic E-state index is 5.62. The van der Waals surface area contributed by atoms with E-state index in [-0.39, 0.29) is 5.41 Å². The first kappa shape index (κ1) is 20.0. The molecule has 0 unspecified atom stereocenters. The third-order valence-electron chi connectivity index (χ3n) is 5.20. The average molecular weight is 380 g/mol. The maximum Gasteiger partial charge on any atom is 0.119 e. The summed E-state index contributed by atoms with van der Waals surface area (Å²) in [4.78, 5) is 0. The minimum Gasteiger partial charge on any atom is -0.501 e. The van der Waals surface area contributed by atoms with Gasteiger partial charge in [0, 0.05) is 12.0 Å². The van der Waals surface area contributed by atoms with Gasteiger partial charge in [-0.15, -0.1) is 0 Å². The molecular weight excluding hydrogens is 350 g/mol. The Morgan fingerprint density at radius 3 is 2.21 bits per heavy atom. The Labute approximate surface area is 167 Å². The molecule has 0 atom stereocenters. The molecule has 0 aromatic heterocycles. The smallest absolute Gasteiger partial charge is 0.119 e. The number of ether oxygens (including phenoxy) is 3. The second-order valence-corrected chi connectivity index (χ2v) is 6.99. The molecule has 2 aromatic rings. The summed E-state index contributed by atoms with van der Waals surface area (Å²) in [7, 11) is 5.13. The number of rotatable bonds is 9. The highest BCUT2D eigenvalue weighted by Gasteiger charge is 2.33. The number of allylic oxidation sites excluding steroid dienone is 2. The second kappa shape index (κ2) is 9.47. The summed E-state index contributed by atoms with van der Waals surface area (Å²) in [5.74, 6) is 2.69. The fraction of sp³-hybridized carbons (Fsp3) is 0.333. The van der Waals surface area contributed by atoms with Gasteiger partial charge in [0.05, 0.1) is 27.8 Å². The fourth-order valence-corrected chi connectivity index (χ4v) is 3.64. The van der Waals surface area contributed by atoms with Crippen molar-refractivity contribution in [2.24, 2.45) is 0 Å². The van der Waals surface area contributed by atoms with Gasteiger partial charge in [0.1, 0.15) is 17.3 Å². The summed E-state index contributed by atoms with van der Waals surface area (Å²) < 4.78 is 16.7. The molecule has 0 saturated carbocycles. The summed E-state index contributed by atoms with van der Waals surface area (Å²) in [5, 5.41) is 3.57. The Kier molecular flexibility index (Phi) is 6.77. The van der Waals surface area contributed by atoms with Crippen LogP contribution in [-0.4, -0.2) is 27.9 Å². The van der Waals surface area contributed by atoms with E-state index in [4.69, 9.17) is 14.2 Å².